The summed E-state index contributed by atoms with van der Waals surface area (Å²) in [4.78, 5) is 1.41. The Hall–Kier alpha value is -0.120. The number of allylic oxidation sites excluding steroid dienone is 1. The highest BCUT2D eigenvalue weighted by Crippen LogP contribution is 2.20. The first kappa shape index (κ1) is 12.9. The maximum atomic E-state index is 3.46. The number of halogens is 1. The Morgan fingerprint density at radius 1 is 1.47 bits per heavy atom. The van der Waals surface area contributed by atoms with Crippen LogP contribution in [0.4, 0.5) is 0 Å². The molecule has 3 heteroatoms. The van der Waals surface area contributed by atoms with E-state index in [1.807, 2.05) is 0 Å². The van der Waals surface area contributed by atoms with Gasteiger partial charge in [0.15, 0.2) is 0 Å². The number of hydrogen-bond acceptors (Lipinski definition) is 2. The molecule has 1 heterocycles. The fraction of sp³-hybridized carbons (Fsp3) is 0.500. The van der Waals surface area contributed by atoms with Gasteiger partial charge in [-0.25, -0.2) is 0 Å². The van der Waals surface area contributed by atoms with E-state index in [9.17, 15) is 0 Å². The van der Waals surface area contributed by atoms with Crippen LogP contribution >= 0.6 is 27.3 Å². The second-order valence-electron chi connectivity index (χ2n) is 3.80. The Bertz CT molecular complexity index is 304. The van der Waals surface area contributed by atoms with Gasteiger partial charge in [0.2, 0.25) is 0 Å². The van der Waals surface area contributed by atoms with Crippen molar-refractivity contribution in [2.24, 2.45) is 0 Å². The van der Waals surface area contributed by atoms with E-state index >= 15 is 0 Å². The van der Waals surface area contributed by atoms with Crippen LogP contribution in [-0.2, 0) is 6.42 Å². The van der Waals surface area contributed by atoms with Crippen LogP contribution in [0.1, 0.15) is 25.1 Å². The summed E-state index contributed by atoms with van der Waals surface area (Å²) in [5, 5.41) is 5.52. The Morgan fingerprint density at radius 2 is 2.27 bits per heavy atom. The highest BCUT2D eigenvalue weighted by atomic mass is 79.9. The summed E-state index contributed by atoms with van der Waals surface area (Å²) in [7, 11) is 0. The van der Waals surface area contributed by atoms with Gasteiger partial charge in [-0.05, 0) is 41.4 Å². The minimum absolute atomic E-state index is 0.589. The van der Waals surface area contributed by atoms with E-state index in [4.69, 9.17) is 0 Å². The number of hydrogen-bond donors (Lipinski definition) is 1. The smallest absolute Gasteiger partial charge is 0.0285 e. The van der Waals surface area contributed by atoms with Crippen molar-refractivity contribution in [1.29, 1.82) is 0 Å². The molecule has 15 heavy (non-hydrogen) atoms. The van der Waals surface area contributed by atoms with Gasteiger partial charge in [0, 0.05) is 20.8 Å². The molecule has 0 aromatic carbocycles. The summed E-state index contributed by atoms with van der Waals surface area (Å²) >= 11 is 5.26. The average molecular weight is 288 g/mol. The largest absolute Gasteiger partial charge is 0.314 e. The molecule has 1 nitrogen and oxygen atoms in total. The van der Waals surface area contributed by atoms with Gasteiger partial charge in [-0.3, -0.25) is 0 Å². The van der Waals surface area contributed by atoms with E-state index < -0.39 is 0 Å². The molecule has 0 aliphatic heterocycles. The zero-order chi connectivity index (χ0) is 11.1. The lowest BCUT2D eigenvalue weighted by Crippen LogP contribution is -2.23. The summed E-state index contributed by atoms with van der Waals surface area (Å²) in [5.41, 5.74) is 0. The number of nitrogens with one attached hydrogen (secondary N) is 1. The molecule has 1 rings (SSSR count). The first-order valence-electron chi connectivity index (χ1n) is 5.30. The van der Waals surface area contributed by atoms with Crippen LogP contribution in [0.25, 0.3) is 0 Å². The minimum Gasteiger partial charge on any atom is -0.314 e. The molecule has 0 amide bonds. The predicted molar refractivity (Wildman–Crippen MR) is 72.6 cm³/mol. The van der Waals surface area contributed by atoms with Crippen LogP contribution in [-0.4, -0.2) is 12.6 Å². The number of rotatable bonds is 6. The van der Waals surface area contributed by atoms with E-state index in [1.165, 1.54) is 9.35 Å². The lowest BCUT2D eigenvalue weighted by molar-refractivity contribution is 0.594. The molecular weight excluding hydrogens is 270 g/mol. The second-order valence-corrected chi connectivity index (χ2v) is 5.72. The van der Waals surface area contributed by atoms with Gasteiger partial charge < -0.3 is 5.32 Å². The van der Waals surface area contributed by atoms with Crippen molar-refractivity contribution in [3.8, 4) is 0 Å². The second kappa shape index (κ2) is 7.20. The van der Waals surface area contributed by atoms with Crippen molar-refractivity contribution in [1.82, 2.24) is 5.32 Å². The van der Waals surface area contributed by atoms with Gasteiger partial charge in [0.25, 0.3) is 0 Å². The number of thiophene rings is 1. The molecule has 1 aromatic heterocycles. The molecule has 1 N–H and O–H groups in total. The summed E-state index contributed by atoms with van der Waals surface area (Å²) in [6.45, 7) is 5.42. The van der Waals surface area contributed by atoms with Crippen molar-refractivity contribution in [3.63, 3.8) is 0 Å². The SMILES string of the molecule is CC(C)NCCC=CCc1cc(Br)cs1. The standard InChI is InChI=1S/C12H18BrNS/c1-10(2)14-7-5-3-4-6-12-8-11(13)9-15-12/h3-4,8-10,14H,5-7H2,1-2H3. The van der Waals surface area contributed by atoms with Gasteiger partial charge in [0.1, 0.15) is 0 Å². The fourth-order valence-corrected chi connectivity index (χ4v) is 2.66. The molecule has 0 atom stereocenters. The lowest BCUT2D eigenvalue weighted by atomic mass is 10.3. The van der Waals surface area contributed by atoms with Crippen LogP contribution in [0, 0.1) is 0 Å². The van der Waals surface area contributed by atoms with Crippen molar-refractivity contribution in [2.45, 2.75) is 32.7 Å². The van der Waals surface area contributed by atoms with Crippen LogP contribution < -0.4 is 5.32 Å². The van der Waals surface area contributed by atoms with E-state index in [0.717, 1.165) is 19.4 Å². The zero-order valence-electron chi connectivity index (χ0n) is 9.29. The summed E-state index contributed by atoms with van der Waals surface area (Å²) in [5.74, 6) is 0. The van der Waals surface area contributed by atoms with Crippen LogP contribution in [0.3, 0.4) is 0 Å². The molecule has 0 aliphatic rings. The molecule has 1 aromatic rings. The Morgan fingerprint density at radius 3 is 2.87 bits per heavy atom. The molecule has 0 spiro atoms. The highest BCUT2D eigenvalue weighted by Gasteiger charge is 1.94. The van der Waals surface area contributed by atoms with Gasteiger partial charge in [-0.15, -0.1) is 11.3 Å². The van der Waals surface area contributed by atoms with Crippen molar-refractivity contribution < 1.29 is 0 Å². The molecule has 0 saturated heterocycles. The van der Waals surface area contributed by atoms with E-state index in [2.05, 4.69) is 58.7 Å². The highest BCUT2D eigenvalue weighted by molar-refractivity contribution is 9.10. The summed E-state index contributed by atoms with van der Waals surface area (Å²) in [6, 6.07) is 2.77. The van der Waals surface area contributed by atoms with Crippen LogP contribution in [0.15, 0.2) is 28.1 Å². The fourth-order valence-electron chi connectivity index (χ4n) is 1.23. The Balaban J connectivity index is 2.12. The quantitative estimate of drug-likeness (QED) is 0.616. The molecule has 0 bridgehead atoms. The third-order valence-corrected chi connectivity index (χ3v) is 3.69. The van der Waals surface area contributed by atoms with Gasteiger partial charge in [-0.2, -0.15) is 0 Å². The van der Waals surface area contributed by atoms with Gasteiger partial charge in [-0.1, -0.05) is 26.0 Å². The van der Waals surface area contributed by atoms with Crippen molar-refractivity contribution in [2.75, 3.05) is 6.54 Å². The molecule has 0 fully saturated rings. The van der Waals surface area contributed by atoms with E-state index in [0.29, 0.717) is 6.04 Å². The maximum absolute atomic E-state index is 3.46. The minimum atomic E-state index is 0.589. The molecule has 0 radical (unpaired) electrons. The molecule has 0 unspecified atom stereocenters. The first-order chi connectivity index (χ1) is 7.18. The average Bonchev–Trinajstić information content (AvgIpc) is 2.57. The van der Waals surface area contributed by atoms with Gasteiger partial charge >= 0.3 is 0 Å². The molecule has 84 valence electrons. The van der Waals surface area contributed by atoms with Crippen LogP contribution in [0.5, 0.6) is 0 Å². The van der Waals surface area contributed by atoms with Crippen molar-refractivity contribution >= 4 is 27.3 Å². The predicted octanol–water partition coefficient (Wildman–Crippen LogP) is 4.00. The Labute approximate surface area is 105 Å². The lowest BCUT2D eigenvalue weighted by Gasteiger charge is -2.04. The first-order valence-corrected chi connectivity index (χ1v) is 6.97. The van der Waals surface area contributed by atoms with Crippen molar-refractivity contribution in [3.05, 3.63) is 32.9 Å². The normalized spacial score (nSPS) is 11.7. The topological polar surface area (TPSA) is 12.0 Å². The molecule has 0 aliphatic carbocycles. The maximum Gasteiger partial charge on any atom is 0.0285 e. The summed E-state index contributed by atoms with van der Waals surface area (Å²) < 4.78 is 1.19. The van der Waals surface area contributed by atoms with Crippen LogP contribution in [0.2, 0.25) is 0 Å². The third-order valence-electron chi connectivity index (χ3n) is 1.97. The van der Waals surface area contributed by atoms with E-state index in [1.54, 1.807) is 11.3 Å². The summed E-state index contributed by atoms with van der Waals surface area (Å²) in [6.07, 6.45) is 6.67. The third kappa shape index (κ3) is 6.13. The van der Waals surface area contributed by atoms with Gasteiger partial charge in [0.05, 0.1) is 0 Å². The molecule has 0 saturated carbocycles. The van der Waals surface area contributed by atoms with E-state index in [-0.39, 0.29) is 0 Å². The Kier molecular flexibility index (Phi) is 6.22. The zero-order valence-corrected chi connectivity index (χ0v) is 11.7. The monoisotopic (exact) mass is 287 g/mol. The molecular formula is C12H18BrNS.